The van der Waals surface area contributed by atoms with Crippen LogP contribution in [-0.4, -0.2) is 30.1 Å². The highest BCUT2D eigenvalue weighted by atomic mass is 15.2. The van der Waals surface area contributed by atoms with Crippen molar-refractivity contribution in [1.29, 1.82) is 0 Å². The minimum Gasteiger partial charge on any atom is -0.373 e. The van der Waals surface area contributed by atoms with E-state index in [1.54, 1.807) is 0 Å². The third kappa shape index (κ3) is 3.94. The molecule has 0 aliphatic carbocycles. The molecule has 0 saturated heterocycles. The van der Waals surface area contributed by atoms with Gasteiger partial charge in [-0.3, -0.25) is 0 Å². The molecule has 0 atom stereocenters. The Balaban J connectivity index is 2.41. The molecule has 0 unspecified atom stereocenters. The molecule has 1 heterocycles. The maximum Gasteiger partial charge on any atom is 0.163 e. The predicted octanol–water partition coefficient (Wildman–Crippen LogP) is 3.81. The van der Waals surface area contributed by atoms with Gasteiger partial charge in [-0.25, -0.2) is 9.97 Å². The summed E-state index contributed by atoms with van der Waals surface area (Å²) in [5, 5.41) is 3.14. The Labute approximate surface area is 127 Å². The van der Waals surface area contributed by atoms with E-state index in [1.807, 2.05) is 43.4 Å². The highest BCUT2D eigenvalue weighted by molar-refractivity contribution is 5.61. The molecule has 21 heavy (non-hydrogen) atoms. The summed E-state index contributed by atoms with van der Waals surface area (Å²) in [6, 6.07) is 12.1. The number of anilines is 2. The molecule has 0 saturated carbocycles. The molecule has 112 valence electrons. The molecular weight excluding hydrogens is 260 g/mol. The van der Waals surface area contributed by atoms with Crippen LogP contribution in [0.15, 0.2) is 36.4 Å². The Bertz CT molecular complexity index is 548. The zero-order valence-corrected chi connectivity index (χ0v) is 13.1. The van der Waals surface area contributed by atoms with E-state index < -0.39 is 0 Å². The first-order valence-corrected chi connectivity index (χ1v) is 7.65. The van der Waals surface area contributed by atoms with Gasteiger partial charge in [-0.15, -0.1) is 0 Å². The third-order valence-electron chi connectivity index (χ3n) is 3.31. The number of nitrogens with one attached hydrogen (secondary N) is 1. The standard InChI is InChI=1S/C17H24N4/c1-4-11-21(12-5-2)16-13-15(18-3)19-17(20-16)14-9-7-6-8-10-14/h6-10,13H,4-5,11-12H2,1-3H3,(H,18,19,20). The van der Waals surface area contributed by atoms with Gasteiger partial charge in [0.05, 0.1) is 0 Å². The lowest BCUT2D eigenvalue weighted by molar-refractivity contribution is 0.733. The summed E-state index contributed by atoms with van der Waals surface area (Å²) in [6.45, 7) is 6.42. The summed E-state index contributed by atoms with van der Waals surface area (Å²) >= 11 is 0. The summed E-state index contributed by atoms with van der Waals surface area (Å²) < 4.78 is 0. The highest BCUT2D eigenvalue weighted by Crippen LogP contribution is 2.22. The van der Waals surface area contributed by atoms with Crippen LogP contribution in [-0.2, 0) is 0 Å². The van der Waals surface area contributed by atoms with Crippen molar-refractivity contribution in [2.45, 2.75) is 26.7 Å². The van der Waals surface area contributed by atoms with E-state index in [-0.39, 0.29) is 0 Å². The van der Waals surface area contributed by atoms with Crippen LogP contribution in [0.2, 0.25) is 0 Å². The number of hydrogen-bond acceptors (Lipinski definition) is 4. The summed E-state index contributed by atoms with van der Waals surface area (Å²) in [7, 11) is 1.89. The lowest BCUT2D eigenvalue weighted by atomic mass is 10.2. The van der Waals surface area contributed by atoms with E-state index in [1.165, 1.54) is 0 Å². The Kier molecular flexibility index (Phi) is 5.55. The van der Waals surface area contributed by atoms with E-state index in [4.69, 9.17) is 4.98 Å². The van der Waals surface area contributed by atoms with Crippen molar-refractivity contribution in [2.75, 3.05) is 30.4 Å². The van der Waals surface area contributed by atoms with E-state index >= 15 is 0 Å². The fourth-order valence-electron chi connectivity index (χ4n) is 2.32. The fourth-order valence-corrected chi connectivity index (χ4v) is 2.32. The molecular formula is C17H24N4. The second-order valence-corrected chi connectivity index (χ2v) is 5.04. The van der Waals surface area contributed by atoms with E-state index in [0.29, 0.717) is 0 Å². The van der Waals surface area contributed by atoms with E-state index in [0.717, 1.165) is 49.0 Å². The molecule has 0 amide bonds. The quantitative estimate of drug-likeness (QED) is 0.839. The Morgan fingerprint density at radius 2 is 1.67 bits per heavy atom. The maximum atomic E-state index is 4.76. The van der Waals surface area contributed by atoms with Crippen molar-refractivity contribution >= 4 is 11.6 Å². The van der Waals surface area contributed by atoms with Crippen LogP contribution in [0, 0.1) is 0 Å². The van der Waals surface area contributed by atoms with Crippen LogP contribution in [0.4, 0.5) is 11.6 Å². The second-order valence-electron chi connectivity index (χ2n) is 5.04. The molecule has 0 aliphatic rings. The molecule has 0 bridgehead atoms. The normalized spacial score (nSPS) is 10.4. The summed E-state index contributed by atoms with van der Waals surface area (Å²) in [6.07, 6.45) is 2.22. The minimum absolute atomic E-state index is 0.773. The SMILES string of the molecule is CCCN(CCC)c1cc(NC)nc(-c2ccccc2)n1. The molecule has 1 aromatic heterocycles. The van der Waals surface area contributed by atoms with E-state index in [2.05, 4.69) is 29.0 Å². The van der Waals surface area contributed by atoms with Gasteiger partial charge in [-0.05, 0) is 12.8 Å². The van der Waals surface area contributed by atoms with Gasteiger partial charge < -0.3 is 10.2 Å². The molecule has 0 fully saturated rings. The molecule has 1 N–H and O–H groups in total. The van der Waals surface area contributed by atoms with Crippen molar-refractivity contribution < 1.29 is 0 Å². The van der Waals surface area contributed by atoms with Gasteiger partial charge in [-0.2, -0.15) is 0 Å². The Morgan fingerprint density at radius 1 is 1.00 bits per heavy atom. The number of aromatic nitrogens is 2. The van der Waals surface area contributed by atoms with Crippen LogP contribution in [0.1, 0.15) is 26.7 Å². The van der Waals surface area contributed by atoms with Gasteiger partial charge in [0.15, 0.2) is 5.82 Å². The highest BCUT2D eigenvalue weighted by Gasteiger charge is 2.11. The van der Waals surface area contributed by atoms with Crippen LogP contribution in [0.25, 0.3) is 11.4 Å². The smallest absolute Gasteiger partial charge is 0.163 e. The van der Waals surface area contributed by atoms with Crippen molar-refractivity contribution in [2.24, 2.45) is 0 Å². The first kappa shape index (κ1) is 15.3. The van der Waals surface area contributed by atoms with Crippen molar-refractivity contribution in [3.63, 3.8) is 0 Å². The number of hydrogen-bond donors (Lipinski definition) is 1. The molecule has 0 radical (unpaired) electrons. The summed E-state index contributed by atoms with van der Waals surface area (Å²) in [4.78, 5) is 11.7. The topological polar surface area (TPSA) is 41.0 Å². The van der Waals surface area contributed by atoms with Crippen LogP contribution in [0.5, 0.6) is 0 Å². The maximum absolute atomic E-state index is 4.76. The molecule has 2 rings (SSSR count). The summed E-state index contributed by atoms with van der Waals surface area (Å²) in [5.41, 5.74) is 1.05. The average Bonchev–Trinajstić information content (AvgIpc) is 2.55. The molecule has 1 aromatic carbocycles. The molecule has 0 aliphatic heterocycles. The van der Waals surface area contributed by atoms with Gasteiger partial charge in [0.1, 0.15) is 11.6 Å². The lowest BCUT2D eigenvalue weighted by Crippen LogP contribution is -2.26. The van der Waals surface area contributed by atoms with Gasteiger partial charge >= 0.3 is 0 Å². The van der Waals surface area contributed by atoms with Gasteiger partial charge in [-0.1, -0.05) is 44.2 Å². The first-order valence-electron chi connectivity index (χ1n) is 7.65. The Hall–Kier alpha value is -2.10. The molecule has 4 nitrogen and oxygen atoms in total. The zero-order chi connectivity index (χ0) is 15.1. The largest absolute Gasteiger partial charge is 0.373 e. The second kappa shape index (κ2) is 7.62. The van der Waals surface area contributed by atoms with Crippen LogP contribution < -0.4 is 10.2 Å². The predicted molar refractivity (Wildman–Crippen MR) is 89.8 cm³/mol. The van der Waals surface area contributed by atoms with Crippen molar-refractivity contribution in [3.05, 3.63) is 36.4 Å². The number of benzene rings is 1. The van der Waals surface area contributed by atoms with Gasteiger partial charge in [0.25, 0.3) is 0 Å². The third-order valence-corrected chi connectivity index (χ3v) is 3.31. The average molecular weight is 284 g/mol. The molecule has 2 aromatic rings. The first-order chi connectivity index (χ1) is 10.3. The lowest BCUT2D eigenvalue weighted by Gasteiger charge is -2.23. The van der Waals surface area contributed by atoms with Crippen LogP contribution in [0.3, 0.4) is 0 Å². The monoisotopic (exact) mass is 284 g/mol. The molecule has 0 spiro atoms. The van der Waals surface area contributed by atoms with E-state index in [9.17, 15) is 0 Å². The zero-order valence-electron chi connectivity index (χ0n) is 13.1. The van der Waals surface area contributed by atoms with Crippen molar-refractivity contribution in [3.8, 4) is 11.4 Å². The van der Waals surface area contributed by atoms with Gasteiger partial charge in [0, 0.05) is 31.8 Å². The number of nitrogens with zero attached hydrogens (tertiary/aromatic N) is 3. The minimum atomic E-state index is 0.773. The Morgan fingerprint density at radius 3 is 2.24 bits per heavy atom. The van der Waals surface area contributed by atoms with Crippen molar-refractivity contribution in [1.82, 2.24) is 9.97 Å². The van der Waals surface area contributed by atoms with Crippen LogP contribution >= 0.6 is 0 Å². The molecule has 4 heteroatoms. The number of rotatable bonds is 7. The summed E-state index contributed by atoms with van der Waals surface area (Å²) in [5.74, 6) is 2.63. The fraction of sp³-hybridized carbons (Fsp3) is 0.412. The van der Waals surface area contributed by atoms with Gasteiger partial charge in [0.2, 0.25) is 0 Å².